The summed E-state index contributed by atoms with van der Waals surface area (Å²) in [6, 6.07) is 8.56. The number of anilines is 1. The number of sulfonamides is 2. The average Bonchev–Trinajstić information content (AvgIpc) is 2.68. The van der Waals surface area contributed by atoms with Crippen molar-refractivity contribution in [1.82, 2.24) is 8.61 Å². The van der Waals surface area contributed by atoms with E-state index in [0.29, 0.717) is 5.56 Å². The molecule has 0 heterocycles. The third-order valence-corrected chi connectivity index (χ3v) is 8.18. The molecule has 0 aliphatic rings. The molecule has 1 amide bonds. The summed E-state index contributed by atoms with van der Waals surface area (Å²) in [6.07, 6.45) is 0. The minimum absolute atomic E-state index is 0.0657. The van der Waals surface area contributed by atoms with Gasteiger partial charge in [-0.25, -0.2) is 25.4 Å². The highest BCUT2D eigenvalue weighted by Crippen LogP contribution is 2.28. The van der Waals surface area contributed by atoms with Gasteiger partial charge in [0.25, 0.3) is 5.91 Å². The van der Waals surface area contributed by atoms with Gasteiger partial charge in [0.1, 0.15) is 10.6 Å². The van der Waals surface area contributed by atoms with Crippen LogP contribution in [0.3, 0.4) is 0 Å². The lowest BCUT2D eigenvalue weighted by Crippen LogP contribution is -2.24. The lowest BCUT2D eigenvalue weighted by Gasteiger charge is -2.16. The Labute approximate surface area is 177 Å². The number of carbonyl (C=O) groups is 1. The Bertz CT molecular complexity index is 1170. The van der Waals surface area contributed by atoms with Crippen LogP contribution < -0.4 is 10.1 Å². The SMILES string of the molecule is COc1ccc(C(=O)Nc2ccc(C)c(S(=O)(=O)N(C)C)c2)cc1S(=O)(=O)N(C)C. The Hall–Kier alpha value is -2.47. The maximum atomic E-state index is 12.7. The van der Waals surface area contributed by atoms with E-state index in [0.717, 1.165) is 8.61 Å². The second kappa shape index (κ2) is 8.72. The van der Waals surface area contributed by atoms with Crippen LogP contribution in [0.15, 0.2) is 46.2 Å². The zero-order valence-electron chi connectivity index (χ0n) is 17.6. The van der Waals surface area contributed by atoms with Gasteiger partial charge in [0, 0.05) is 39.4 Å². The van der Waals surface area contributed by atoms with E-state index in [1.807, 2.05) is 0 Å². The molecule has 9 nitrogen and oxygen atoms in total. The zero-order valence-corrected chi connectivity index (χ0v) is 19.3. The van der Waals surface area contributed by atoms with Gasteiger partial charge in [0.05, 0.1) is 12.0 Å². The lowest BCUT2D eigenvalue weighted by atomic mass is 10.2. The molecule has 30 heavy (non-hydrogen) atoms. The average molecular weight is 456 g/mol. The maximum absolute atomic E-state index is 12.7. The highest BCUT2D eigenvalue weighted by molar-refractivity contribution is 7.89. The first-order valence-electron chi connectivity index (χ1n) is 8.77. The van der Waals surface area contributed by atoms with Gasteiger partial charge in [-0.1, -0.05) is 6.07 Å². The number of carbonyl (C=O) groups excluding carboxylic acids is 1. The molecule has 0 fully saturated rings. The maximum Gasteiger partial charge on any atom is 0.255 e. The number of rotatable bonds is 7. The van der Waals surface area contributed by atoms with Crippen LogP contribution in [0.25, 0.3) is 0 Å². The van der Waals surface area contributed by atoms with Crippen LogP contribution in [0.5, 0.6) is 5.75 Å². The van der Waals surface area contributed by atoms with Gasteiger partial charge in [-0.05, 0) is 42.8 Å². The van der Waals surface area contributed by atoms with Crippen molar-refractivity contribution < 1.29 is 26.4 Å². The number of ether oxygens (including phenoxy) is 1. The minimum Gasteiger partial charge on any atom is -0.495 e. The third-order valence-electron chi connectivity index (χ3n) is 4.39. The fourth-order valence-electron chi connectivity index (χ4n) is 2.57. The summed E-state index contributed by atoms with van der Waals surface area (Å²) in [5, 5.41) is 2.61. The molecule has 0 radical (unpaired) electrons. The fourth-order valence-corrected chi connectivity index (χ4v) is 4.79. The first-order valence-corrected chi connectivity index (χ1v) is 11.7. The molecule has 2 aromatic carbocycles. The quantitative estimate of drug-likeness (QED) is 0.681. The van der Waals surface area contributed by atoms with Crippen LogP contribution in [0.4, 0.5) is 5.69 Å². The van der Waals surface area contributed by atoms with Gasteiger partial charge >= 0.3 is 0 Å². The van der Waals surface area contributed by atoms with Crippen LogP contribution >= 0.6 is 0 Å². The number of hydrogen-bond acceptors (Lipinski definition) is 6. The highest BCUT2D eigenvalue weighted by atomic mass is 32.2. The van der Waals surface area contributed by atoms with Crippen LogP contribution in [0.1, 0.15) is 15.9 Å². The molecule has 1 N–H and O–H groups in total. The first kappa shape index (κ1) is 23.8. The molecular formula is C19H25N3O6S2. The van der Waals surface area contributed by atoms with Crippen molar-refractivity contribution in [3.63, 3.8) is 0 Å². The van der Waals surface area contributed by atoms with Gasteiger partial charge in [0.2, 0.25) is 20.0 Å². The lowest BCUT2D eigenvalue weighted by molar-refractivity contribution is 0.102. The molecule has 0 aliphatic carbocycles. The number of amides is 1. The van der Waals surface area contributed by atoms with Crippen LogP contribution in [-0.2, 0) is 20.0 Å². The standard InChI is InChI=1S/C19H25N3O6S2/c1-13-7-9-15(12-17(13)29(24,25)21(2)3)20-19(23)14-8-10-16(28-6)18(11-14)30(26,27)22(4)5/h7-12H,1-6H3,(H,20,23). The minimum atomic E-state index is -3.85. The van der Waals surface area contributed by atoms with E-state index in [1.54, 1.807) is 19.1 Å². The molecule has 0 bridgehead atoms. The number of benzene rings is 2. The summed E-state index contributed by atoms with van der Waals surface area (Å²) in [7, 11) is -0.612. The predicted octanol–water partition coefficient (Wildman–Crippen LogP) is 1.76. The Balaban J connectivity index is 2.45. The Morgan fingerprint density at radius 1 is 0.867 bits per heavy atom. The topological polar surface area (TPSA) is 113 Å². The van der Waals surface area contributed by atoms with E-state index in [-0.39, 0.29) is 26.8 Å². The number of methoxy groups -OCH3 is 1. The largest absolute Gasteiger partial charge is 0.495 e. The molecule has 0 saturated carbocycles. The molecule has 0 spiro atoms. The molecule has 2 aromatic rings. The van der Waals surface area contributed by atoms with Gasteiger partial charge in [-0.15, -0.1) is 0 Å². The molecule has 0 saturated heterocycles. The van der Waals surface area contributed by atoms with Gasteiger partial charge < -0.3 is 10.1 Å². The molecular weight excluding hydrogens is 430 g/mol. The van der Waals surface area contributed by atoms with Gasteiger partial charge in [-0.3, -0.25) is 4.79 Å². The Kier molecular flexibility index (Phi) is 6.92. The third kappa shape index (κ3) is 4.64. The molecule has 164 valence electrons. The second-order valence-corrected chi connectivity index (χ2v) is 11.1. The molecule has 0 aliphatic heterocycles. The summed E-state index contributed by atoms with van der Waals surface area (Å²) >= 11 is 0. The number of aryl methyl sites for hydroxylation is 1. The summed E-state index contributed by atoms with van der Waals surface area (Å²) in [5.41, 5.74) is 0.873. The molecule has 2 rings (SSSR count). The summed E-state index contributed by atoms with van der Waals surface area (Å²) in [5.74, 6) is -0.486. The van der Waals surface area contributed by atoms with E-state index in [1.165, 1.54) is 59.6 Å². The summed E-state index contributed by atoms with van der Waals surface area (Å²) in [6.45, 7) is 1.66. The normalized spacial score (nSPS) is 12.3. The number of nitrogens with zero attached hydrogens (tertiary/aromatic N) is 2. The highest BCUT2D eigenvalue weighted by Gasteiger charge is 2.24. The monoisotopic (exact) mass is 455 g/mol. The van der Waals surface area contributed by atoms with Gasteiger partial charge in [0.15, 0.2) is 0 Å². The van der Waals surface area contributed by atoms with E-state index in [4.69, 9.17) is 4.74 Å². The summed E-state index contributed by atoms with van der Waals surface area (Å²) < 4.78 is 57.3. The summed E-state index contributed by atoms with van der Waals surface area (Å²) in [4.78, 5) is 12.6. The van der Waals surface area contributed by atoms with Crippen molar-refractivity contribution >= 4 is 31.6 Å². The van der Waals surface area contributed by atoms with E-state index in [2.05, 4.69) is 5.32 Å². The van der Waals surface area contributed by atoms with E-state index >= 15 is 0 Å². The fraction of sp³-hybridized carbons (Fsp3) is 0.316. The van der Waals surface area contributed by atoms with Crippen molar-refractivity contribution in [3.05, 3.63) is 47.5 Å². The van der Waals surface area contributed by atoms with E-state index in [9.17, 15) is 21.6 Å². The van der Waals surface area contributed by atoms with Crippen molar-refractivity contribution in [2.45, 2.75) is 16.7 Å². The van der Waals surface area contributed by atoms with Crippen molar-refractivity contribution in [2.75, 3.05) is 40.6 Å². The van der Waals surface area contributed by atoms with Crippen molar-refractivity contribution in [3.8, 4) is 5.75 Å². The Morgan fingerprint density at radius 3 is 1.97 bits per heavy atom. The van der Waals surface area contributed by atoms with Crippen LogP contribution in [0, 0.1) is 6.92 Å². The Morgan fingerprint density at radius 2 is 1.43 bits per heavy atom. The molecule has 0 aromatic heterocycles. The first-order chi connectivity index (χ1) is 13.8. The molecule has 11 heteroatoms. The van der Waals surface area contributed by atoms with Crippen LogP contribution in [0.2, 0.25) is 0 Å². The van der Waals surface area contributed by atoms with Crippen molar-refractivity contribution in [2.24, 2.45) is 0 Å². The molecule has 0 atom stereocenters. The van der Waals surface area contributed by atoms with Crippen molar-refractivity contribution in [1.29, 1.82) is 0 Å². The predicted molar refractivity (Wildman–Crippen MR) is 114 cm³/mol. The van der Waals surface area contributed by atoms with Gasteiger partial charge in [-0.2, -0.15) is 0 Å². The van der Waals surface area contributed by atoms with E-state index < -0.39 is 26.0 Å². The zero-order chi connectivity index (χ0) is 22.9. The van der Waals surface area contributed by atoms with Crippen LogP contribution in [-0.4, -0.2) is 66.7 Å². The smallest absolute Gasteiger partial charge is 0.255 e. The second-order valence-electron chi connectivity index (χ2n) is 6.87. The number of hydrogen-bond donors (Lipinski definition) is 1. The number of nitrogens with one attached hydrogen (secondary N) is 1. The molecule has 0 unspecified atom stereocenters.